The van der Waals surface area contributed by atoms with Crippen LogP contribution >= 0.6 is 11.8 Å². The highest BCUT2D eigenvalue weighted by Gasteiger charge is 2.26. The van der Waals surface area contributed by atoms with Crippen LogP contribution in [0.15, 0.2) is 51.4 Å². The summed E-state index contributed by atoms with van der Waals surface area (Å²) in [5.74, 6) is -3.49. The van der Waals surface area contributed by atoms with Gasteiger partial charge in [0.15, 0.2) is 5.96 Å². The summed E-state index contributed by atoms with van der Waals surface area (Å²) < 4.78 is 10.4. The van der Waals surface area contributed by atoms with E-state index in [1.54, 1.807) is 44.7 Å². The predicted octanol–water partition coefficient (Wildman–Crippen LogP) is 1.35. The van der Waals surface area contributed by atoms with Gasteiger partial charge in [0.2, 0.25) is 0 Å². The van der Waals surface area contributed by atoms with Gasteiger partial charge >= 0.3 is 23.9 Å². The van der Waals surface area contributed by atoms with Crippen LogP contribution in [0.4, 0.5) is 0 Å². The Hall–Kier alpha value is -4.57. The highest BCUT2D eigenvalue weighted by molar-refractivity contribution is 7.99. The summed E-state index contributed by atoms with van der Waals surface area (Å²) in [6.45, 7) is 0.223. The Labute approximate surface area is 239 Å². The number of carbonyl (C=O) groups is 4. The molecule has 1 aromatic carbocycles. The Kier molecular flexibility index (Phi) is 15.0. The molecule has 2 aromatic rings. The lowest BCUT2D eigenvalue weighted by Gasteiger charge is -2.19. The zero-order valence-corrected chi connectivity index (χ0v) is 23.2. The number of rotatable bonds is 16. The lowest BCUT2D eigenvalue weighted by molar-refractivity contribution is -0.143. The molecule has 0 saturated heterocycles. The summed E-state index contributed by atoms with van der Waals surface area (Å²) in [5, 5.41) is 38.5. The van der Waals surface area contributed by atoms with Crippen molar-refractivity contribution < 1.29 is 49.1 Å². The Balaban J connectivity index is 0.000000410. The predicted molar refractivity (Wildman–Crippen MR) is 148 cm³/mol. The van der Waals surface area contributed by atoms with Gasteiger partial charge in [-0.25, -0.2) is 9.78 Å². The Morgan fingerprint density at radius 1 is 1.00 bits per heavy atom. The van der Waals surface area contributed by atoms with Crippen molar-refractivity contribution in [1.29, 1.82) is 0 Å². The largest absolute Gasteiger partial charge is 0.497 e. The van der Waals surface area contributed by atoms with Crippen molar-refractivity contribution >= 4 is 41.6 Å². The van der Waals surface area contributed by atoms with Crippen LogP contribution in [0, 0.1) is 0 Å². The average molecular weight is 596 g/mol. The second kappa shape index (κ2) is 17.9. The lowest BCUT2D eigenvalue weighted by atomic mass is 10.1. The number of pyridine rings is 1. The summed E-state index contributed by atoms with van der Waals surface area (Å²) in [5.41, 5.74) is 10.4. The maximum Gasteiger partial charge on any atom is 0.338 e. The number of aromatic nitrogens is 1. The van der Waals surface area contributed by atoms with E-state index >= 15 is 0 Å². The quantitative estimate of drug-likeness (QED) is 0.0820. The van der Waals surface area contributed by atoms with E-state index in [-0.39, 0.29) is 37.3 Å². The van der Waals surface area contributed by atoms with Crippen molar-refractivity contribution in [3.8, 4) is 11.5 Å². The minimum atomic E-state index is -1.30. The van der Waals surface area contributed by atoms with Crippen molar-refractivity contribution in [3.63, 3.8) is 0 Å². The fraction of sp³-hybridized carbons (Fsp3) is 0.360. The number of aliphatic carboxylic acids is 3. The Morgan fingerprint density at radius 3 is 2.20 bits per heavy atom. The third-order valence-electron chi connectivity index (χ3n) is 5.17. The van der Waals surface area contributed by atoms with E-state index in [0.29, 0.717) is 22.9 Å². The van der Waals surface area contributed by atoms with Crippen molar-refractivity contribution in [1.82, 2.24) is 10.3 Å². The fourth-order valence-corrected chi connectivity index (χ4v) is 4.19. The van der Waals surface area contributed by atoms with Crippen LogP contribution in [-0.4, -0.2) is 88.1 Å². The molecule has 0 bridgehead atoms. The first-order chi connectivity index (χ1) is 19.4. The van der Waals surface area contributed by atoms with E-state index in [2.05, 4.69) is 15.3 Å². The molecule has 2 atom stereocenters. The minimum absolute atomic E-state index is 0.111. The van der Waals surface area contributed by atoms with Crippen LogP contribution < -0.4 is 26.3 Å². The van der Waals surface area contributed by atoms with Crippen LogP contribution in [0.3, 0.4) is 0 Å². The first kappa shape index (κ1) is 34.5. The highest BCUT2D eigenvalue weighted by Crippen LogP contribution is 2.37. The third-order valence-corrected chi connectivity index (χ3v) is 6.23. The molecule has 41 heavy (non-hydrogen) atoms. The van der Waals surface area contributed by atoms with E-state index < -0.39 is 36.0 Å². The number of guanidine groups is 1. The van der Waals surface area contributed by atoms with E-state index in [9.17, 15) is 19.2 Å². The molecule has 0 aliphatic carbocycles. The standard InChI is InChI=1S/C14H13NO4S.C11H20N4O6/c1-18-9-5-6-11(19-2)12(8-9)20-13-10(14(16)17)4-3-7-15-13;12-11(13)14-5-1-2-6(9(18)19)15-7(10(20)21)3-4-8(16)17/h3-8H,1-2H3,(H,16,17);6-7,15H,1-5H2,(H,16,17)(H,18,19)(H,20,21)(H4,12,13,14)/t;6?,7-/m.0/s1. The van der Waals surface area contributed by atoms with Gasteiger partial charge in [0, 0.05) is 19.2 Å². The minimum Gasteiger partial charge on any atom is -0.497 e. The number of aromatic carboxylic acids is 1. The maximum absolute atomic E-state index is 11.2. The second-order valence-corrected chi connectivity index (χ2v) is 9.14. The molecular weight excluding hydrogens is 562 g/mol. The molecule has 0 aliphatic heterocycles. The Bertz CT molecular complexity index is 1220. The lowest BCUT2D eigenvalue weighted by Crippen LogP contribution is -2.47. The van der Waals surface area contributed by atoms with Gasteiger partial charge in [-0.1, -0.05) is 11.8 Å². The molecule has 224 valence electrons. The molecule has 1 heterocycles. The molecule has 0 aliphatic rings. The number of nitrogens with zero attached hydrogens (tertiary/aromatic N) is 2. The molecule has 2 rings (SSSR count). The molecule has 0 saturated carbocycles. The molecule has 1 unspecified atom stereocenters. The molecule has 15 nitrogen and oxygen atoms in total. The topological polar surface area (TPSA) is 257 Å². The van der Waals surface area contributed by atoms with Gasteiger partial charge in [0.25, 0.3) is 0 Å². The number of hydrogen-bond donors (Lipinski definition) is 7. The Morgan fingerprint density at radius 2 is 1.66 bits per heavy atom. The monoisotopic (exact) mass is 595 g/mol. The number of nitrogens with two attached hydrogens (primary N) is 2. The van der Waals surface area contributed by atoms with Crippen LogP contribution in [0.5, 0.6) is 11.5 Å². The van der Waals surface area contributed by atoms with Gasteiger partial charge in [-0.05, 0) is 49.6 Å². The van der Waals surface area contributed by atoms with Crippen LogP contribution in [0.1, 0.15) is 36.0 Å². The highest BCUT2D eigenvalue weighted by atomic mass is 32.2. The summed E-state index contributed by atoms with van der Waals surface area (Å²) in [6, 6.07) is 6.08. The SMILES string of the molecule is COc1ccc(OC)c(Sc2ncccc2C(=O)O)c1.NC(N)=NCCCC(N[C@@H](CCC(=O)O)C(=O)O)C(=O)O. The molecular formula is C25H33N5O10S. The molecule has 0 amide bonds. The van der Waals surface area contributed by atoms with Crippen molar-refractivity contribution in [3.05, 3.63) is 42.1 Å². The van der Waals surface area contributed by atoms with E-state index in [1.807, 2.05) is 0 Å². The summed E-state index contributed by atoms with van der Waals surface area (Å²) in [4.78, 5) is 52.2. The number of benzene rings is 1. The molecule has 0 fully saturated rings. The molecule has 1 aromatic heterocycles. The number of carboxylic acids is 4. The summed E-state index contributed by atoms with van der Waals surface area (Å²) in [6.07, 6.45) is 1.43. The number of hydrogen-bond acceptors (Lipinski definition) is 10. The van der Waals surface area contributed by atoms with E-state index in [1.165, 1.54) is 17.8 Å². The van der Waals surface area contributed by atoms with Crippen LogP contribution in [0.25, 0.3) is 0 Å². The number of aliphatic imine (C=N–C) groups is 1. The van der Waals surface area contributed by atoms with Crippen LogP contribution in [0.2, 0.25) is 0 Å². The first-order valence-electron chi connectivity index (χ1n) is 12.0. The third kappa shape index (κ3) is 12.9. The number of nitrogens with one attached hydrogen (secondary N) is 1. The van der Waals surface area contributed by atoms with Gasteiger partial charge in [-0.15, -0.1) is 0 Å². The second-order valence-electron chi connectivity index (χ2n) is 8.11. The summed E-state index contributed by atoms with van der Waals surface area (Å²) in [7, 11) is 3.13. The van der Waals surface area contributed by atoms with Gasteiger partial charge in [0.1, 0.15) is 28.6 Å². The first-order valence-corrected chi connectivity index (χ1v) is 12.8. The number of carboxylic acid groups (broad SMARTS) is 4. The van der Waals surface area contributed by atoms with Gasteiger partial charge in [-0.2, -0.15) is 0 Å². The zero-order valence-electron chi connectivity index (χ0n) is 22.4. The number of methoxy groups -OCH3 is 2. The molecule has 16 heteroatoms. The maximum atomic E-state index is 11.2. The van der Waals surface area contributed by atoms with Gasteiger partial charge in [0.05, 0.1) is 24.7 Å². The van der Waals surface area contributed by atoms with Crippen molar-refractivity contribution in [2.75, 3.05) is 20.8 Å². The normalized spacial score (nSPS) is 11.7. The van der Waals surface area contributed by atoms with Crippen LogP contribution in [-0.2, 0) is 14.4 Å². The fourth-order valence-electron chi connectivity index (χ4n) is 3.17. The van der Waals surface area contributed by atoms with Gasteiger partial charge in [-0.3, -0.25) is 24.7 Å². The van der Waals surface area contributed by atoms with E-state index in [4.69, 9.17) is 41.4 Å². The molecule has 0 spiro atoms. The van der Waals surface area contributed by atoms with Crippen molar-refractivity contribution in [2.24, 2.45) is 16.5 Å². The summed E-state index contributed by atoms with van der Waals surface area (Å²) >= 11 is 1.23. The number of ether oxygens (including phenoxy) is 2. The average Bonchev–Trinajstić information content (AvgIpc) is 2.92. The smallest absolute Gasteiger partial charge is 0.338 e. The van der Waals surface area contributed by atoms with Gasteiger partial charge < -0.3 is 41.4 Å². The zero-order chi connectivity index (χ0) is 30.9. The van der Waals surface area contributed by atoms with E-state index in [0.717, 1.165) is 4.90 Å². The molecule has 0 radical (unpaired) electrons. The van der Waals surface area contributed by atoms with Crippen molar-refractivity contribution in [2.45, 2.75) is 47.7 Å². The molecule has 9 N–H and O–H groups in total.